The highest BCUT2D eigenvalue weighted by atomic mass is 35.5. The first-order valence-corrected chi connectivity index (χ1v) is 5.05. The first kappa shape index (κ1) is 11.8. The summed E-state index contributed by atoms with van der Waals surface area (Å²) >= 11 is 6.21. The molecule has 1 rings (SSSR count). The summed E-state index contributed by atoms with van der Waals surface area (Å²) in [4.78, 5) is 10.7. The van der Waals surface area contributed by atoms with E-state index in [0.29, 0.717) is 0 Å². The zero-order valence-electron chi connectivity index (χ0n) is 8.88. The van der Waals surface area contributed by atoms with E-state index in [4.69, 9.17) is 11.6 Å². The molecule has 0 heterocycles. The van der Waals surface area contributed by atoms with E-state index in [1.807, 2.05) is 38.1 Å². The van der Waals surface area contributed by atoms with Crippen LogP contribution >= 0.6 is 11.6 Å². The van der Waals surface area contributed by atoms with Crippen molar-refractivity contribution in [3.05, 3.63) is 42.5 Å². The van der Waals surface area contributed by atoms with Gasteiger partial charge in [-0.2, -0.15) is 0 Å². The molecule has 3 heteroatoms. The quantitative estimate of drug-likeness (QED) is 0.619. The van der Waals surface area contributed by atoms with Crippen LogP contribution in [0.1, 0.15) is 19.4 Å². The lowest BCUT2D eigenvalue weighted by molar-refractivity contribution is -0.111. The van der Waals surface area contributed by atoms with Crippen LogP contribution in [0, 0.1) is 0 Å². The minimum Gasteiger partial charge on any atom is -0.322 e. The summed E-state index contributed by atoms with van der Waals surface area (Å²) in [6.45, 7) is 7.17. The van der Waals surface area contributed by atoms with Crippen LogP contribution < -0.4 is 5.32 Å². The zero-order chi connectivity index (χ0) is 11.5. The predicted octanol–water partition coefficient (Wildman–Crippen LogP) is 3.29. The number of benzene rings is 1. The van der Waals surface area contributed by atoms with Gasteiger partial charge in [-0.15, -0.1) is 11.6 Å². The SMILES string of the molecule is C=CC(=O)Nc1ccccc1C(C)(C)Cl. The van der Waals surface area contributed by atoms with Gasteiger partial charge >= 0.3 is 0 Å². The number of para-hydroxylation sites is 1. The van der Waals surface area contributed by atoms with Crippen LogP contribution in [0.15, 0.2) is 36.9 Å². The van der Waals surface area contributed by atoms with E-state index in [0.717, 1.165) is 11.3 Å². The Morgan fingerprint density at radius 3 is 2.60 bits per heavy atom. The molecule has 0 aliphatic heterocycles. The average molecular weight is 224 g/mol. The van der Waals surface area contributed by atoms with Crippen LogP contribution in [0.2, 0.25) is 0 Å². The second-order valence-electron chi connectivity index (χ2n) is 3.71. The lowest BCUT2D eigenvalue weighted by atomic mass is 10.0. The molecule has 80 valence electrons. The molecule has 1 aromatic carbocycles. The monoisotopic (exact) mass is 223 g/mol. The van der Waals surface area contributed by atoms with Gasteiger partial charge in [0.2, 0.25) is 5.91 Å². The molecule has 2 nitrogen and oxygen atoms in total. The maximum atomic E-state index is 11.2. The van der Waals surface area contributed by atoms with Crippen molar-refractivity contribution in [3.63, 3.8) is 0 Å². The molecular formula is C12H14ClNO. The molecular weight excluding hydrogens is 210 g/mol. The van der Waals surface area contributed by atoms with E-state index in [2.05, 4.69) is 11.9 Å². The minimum atomic E-state index is -0.509. The van der Waals surface area contributed by atoms with Gasteiger partial charge in [-0.25, -0.2) is 0 Å². The highest BCUT2D eigenvalue weighted by molar-refractivity contribution is 6.24. The van der Waals surface area contributed by atoms with Gasteiger partial charge in [0.05, 0.1) is 4.87 Å². The summed E-state index contributed by atoms with van der Waals surface area (Å²) < 4.78 is 0. The van der Waals surface area contributed by atoms with Crippen molar-refractivity contribution in [2.24, 2.45) is 0 Å². The number of rotatable bonds is 3. The highest BCUT2D eigenvalue weighted by Gasteiger charge is 2.20. The number of alkyl halides is 1. The van der Waals surface area contributed by atoms with Gasteiger partial charge in [-0.1, -0.05) is 24.8 Å². The lowest BCUT2D eigenvalue weighted by Gasteiger charge is -2.20. The topological polar surface area (TPSA) is 29.1 Å². The average Bonchev–Trinajstić information content (AvgIpc) is 2.17. The Bertz CT molecular complexity index is 379. The Balaban J connectivity index is 3.07. The summed E-state index contributed by atoms with van der Waals surface area (Å²) in [5, 5.41) is 2.73. The van der Waals surface area contributed by atoms with Crippen molar-refractivity contribution in [1.29, 1.82) is 0 Å². The number of carbonyl (C=O) groups excluding carboxylic acids is 1. The van der Waals surface area contributed by atoms with E-state index in [1.54, 1.807) is 0 Å². The van der Waals surface area contributed by atoms with Gasteiger partial charge in [-0.3, -0.25) is 4.79 Å². The smallest absolute Gasteiger partial charge is 0.247 e. The van der Waals surface area contributed by atoms with Crippen molar-refractivity contribution in [2.45, 2.75) is 18.7 Å². The van der Waals surface area contributed by atoms with Gasteiger partial charge in [0.1, 0.15) is 0 Å². The number of hydrogen-bond acceptors (Lipinski definition) is 1. The van der Waals surface area contributed by atoms with Crippen LogP contribution in [-0.4, -0.2) is 5.91 Å². The molecule has 0 unspecified atom stereocenters. The van der Waals surface area contributed by atoms with Crippen molar-refractivity contribution in [2.75, 3.05) is 5.32 Å². The standard InChI is InChI=1S/C12H14ClNO/c1-4-11(15)14-10-8-6-5-7-9(10)12(2,3)13/h4-8H,1H2,2-3H3,(H,14,15). The highest BCUT2D eigenvalue weighted by Crippen LogP contribution is 2.33. The van der Waals surface area contributed by atoms with E-state index in [-0.39, 0.29) is 5.91 Å². The molecule has 0 spiro atoms. The van der Waals surface area contributed by atoms with Crippen LogP contribution in [0.4, 0.5) is 5.69 Å². The zero-order valence-corrected chi connectivity index (χ0v) is 9.64. The molecule has 0 aliphatic carbocycles. The summed E-state index contributed by atoms with van der Waals surface area (Å²) in [6.07, 6.45) is 1.23. The summed E-state index contributed by atoms with van der Waals surface area (Å²) in [7, 11) is 0. The van der Waals surface area contributed by atoms with Gasteiger partial charge in [-0.05, 0) is 31.6 Å². The largest absolute Gasteiger partial charge is 0.322 e. The molecule has 0 fully saturated rings. The van der Waals surface area contributed by atoms with Crippen molar-refractivity contribution in [3.8, 4) is 0 Å². The first-order valence-electron chi connectivity index (χ1n) is 4.67. The number of halogens is 1. The fraction of sp³-hybridized carbons (Fsp3) is 0.250. The third-order valence-corrected chi connectivity index (χ3v) is 2.21. The van der Waals surface area contributed by atoms with Gasteiger partial charge in [0.25, 0.3) is 0 Å². The Hall–Kier alpha value is -1.28. The fourth-order valence-electron chi connectivity index (χ4n) is 1.29. The number of hydrogen-bond donors (Lipinski definition) is 1. The van der Waals surface area contributed by atoms with Gasteiger partial charge < -0.3 is 5.32 Å². The third kappa shape index (κ3) is 3.10. The van der Waals surface area contributed by atoms with Gasteiger partial charge in [0, 0.05) is 5.69 Å². The van der Waals surface area contributed by atoms with E-state index < -0.39 is 4.87 Å². The molecule has 0 radical (unpaired) electrons. The Morgan fingerprint density at radius 2 is 2.07 bits per heavy atom. The molecule has 1 N–H and O–H groups in total. The van der Waals surface area contributed by atoms with E-state index in [1.165, 1.54) is 6.08 Å². The van der Waals surface area contributed by atoms with Crippen molar-refractivity contribution in [1.82, 2.24) is 0 Å². The molecule has 0 atom stereocenters. The Morgan fingerprint density at radius 1 is 1.47 bits per heavy atom. The van der Waals surface area contributed by atoms with E-state index >= 15 is 0 Å². The Labute approximate surface area is 94.9 Å². The first-order chi connectivity index (χ1) is 6.95. The number of amides is 1. The molecule has 0 aliphatic rings. The molecule has 15 heavy (non-hydrogen) atoms. The van der Waals surface area contributed by atoms with Crippen molar-refractivity contribution >= 4 is 23.2 Å². The van der Waals surface area contributed by atoms with Crippen LogP contribution in [-0.2, 0) is 9.67 Å². The predicted molar refractivity (Wildman–Crippen MR) is 64.1 cm³/mol. The summed E-state index contributed by atoms with van der Waals surface area (Å²) in [5.41, 5.74) is 1.62. The third-order valence-electron chi connectivity index (χ3n) is 2.01. The summed E-state index contributed by atoms with van der Waals surface area (Å²) in [5.74, 6) is -0.233. The molecule has 0 saturated heterocycles. The number of nitrogens with one attached hydrogen (secondary N) is 1. The fourth-order valence-corrected chi connectivity index (χ4v) is 1.46. The molecule has 1 amide bonds. The maximum absolute atomic E-state index is 11.2. The molecule has 0 aromatic heterocycles. The lowest BCUT2D eigenvalue weighted by Crippen LogP contribution is -2.15. The minimum absolute atomic E-state index is 0.233. The second-order valence-corrected chi connectivity index (χ2v) is 4.66. The van der Waals surface area contributed by atoms with Crippen LogP contribution in [0.3, 0.4) is 0 Å². The van der Waals surface area contributed by atoms with Crippen molar-refractivity contribution < 1.29 is 4.79 Å². The maximum Gasteiger partial charge on any atom is 0.247 e. The number of anilines is 1. The van der Waals surface area contributed by atoms with Crippen LogP contribution in [0.5, 0.6) is 0 Å². The number of carbonyl (C=O) groups is 1. The second kappa shape index (κ2) is 4.49. The summed E-state index contributed by atoms with van der Waals surface area (Å²) in [6, 6.07) is 7.46. The molecule has 0 saturated carbocycles. The van der Waals surface area contributed by atoms with Crippen LogP contribution in [0.25, 0.3) is 0 Å². The van der Waals surface area contributed by atoms with E-state index in [9.17, 15) is 4.79 Å². The molecule has 0 bridgehead atoms. The van der Waals surface area contributed by atoms with Gasteiger partial charge in [0.15, 0.2) is 0 Å². The molecule has 1 aromatic rings. The Kier molecular flexibility index (Phi) is 3.53. The normalized spacial score (nSPS) is 10.9.